The van der Waals surface area contributed by atoms with Crippen LogP contribution in [0, 0.1) is 11.2 Å². The molecule has 1 aromatic carbocycles. The lowest BCUT2D eigenvalue weighted by Crippen LogP contribution is -2.39. The van der Waals surface area contributed by atoms with Gasteiger partial charge in [-0.3, -0.25) is 9.59 Å². The van der Waals surface area contributed by atoms with Crippen molar-refractivity contribution >= 4 is 11.9 Å². The van der Waals surface area contributed by atoms with Crippen LogP contribution in [-0.4, -0.2) is 35.2 Å². The molecule has 0 saturated heterocycles. The molecule has 0 aliphatic rings. The molecule has 5 nitrogen and oxygen atoms in total. The fraction of sp³-hybridized carbons (Fsp3) is 0.385. The maximum atomic E-state index is 12.9. The molecule has 0 aliphatic heterocycles. The summed E-state index contributed by atoms with van der Waals surface area (Å²) in [5, 5.41) is 20.4. The number of hydrogen-bond donors (Lipinski definition) is 3. The molecule has 0 aliphatic carbocycles. The topological polar surface area (TPSA) is 86.6 Å². The molecule has 0 heterocycles. The van der Waals surface area contributed by atoms with Gasteiger partial charge < -0.3 is 15.5 Å². The van der Waals surface area contributed by atoms with E-state index in [0.717, 1.165) is 6.07 Å². The molecule has 1 aromatic rings. The van der Waals surface area contributed by atoms with Crippen LogP contribution < -0.4 is 5.32 Å². The number of nitrogens with one attached hydrogen (secondary N) is 1. The molecular formula is C13H16FNO4. The third kappa shape index (κ3) is 4.67. The number of benzene rings is 1. The van der Waals surface area contributed by atoms with Crippen LogP contribution in [0.2, 0.25) is 0 Å². The van der Waals surface area contributed by atoms with Crippen LogP contribution in [0.25, 0.3) is 0 Å². The summed E-state index contributed by atoms with van der Waals surface area (Å²) in [6.07, 6.45) is -0.271. The van der Waals surface area contributed by atoms with Gasteiger partial charge in [-0.05, 0) is 18.2 Å². The van der Waals surface area contributed by atoms with Crippen molar-refractivity contribution in [1.82, 2.24) is 5.32 Å². The molecule has 6 heteroatoms. The Hall–Kier alpha value is -1.95. The van der Waals surface area contributed by atoms with Gasteiger partial charge in [-0.25, -0.2) is 4.39 Å². The Balaban J connectivity index is 2.65. The number of rotatable bonds is 6. The number of aliphatic hydroxyl groups excluding tert-OH is 1. The molecule has 0 radical (unpaired) electrons. The molecule has 0 saturated carbocycles. The number of aliphatic carboxylic acids is 1. The number of carboxylic acids is 1. The summed E-state index contributed by atoms with van der Waals surface area (Å²) in [4.78, 5) is 22.4. The molecule has 0 aromatic heterocycles. The highest BCUT2D eigenvalue weighted by Crippen LogP contribution is 2.19. The van der Waals surface area contributed by atoms with E-state index >= 15 is 0 Å². The zero-order valence-corrected chi connectivity index (χ0v) is 10.5. The molecule has 0 fully saturated rings. The molecule has 104 valence electrons. The number of aliphatic hydroxyl groups is 1. The quantitative estimate of drug-likeness (QED) is 0.720. The largest absolute Gasteiger partial charge is 0.481 e. The number of hydrogen-bond acceptors (Lipinski definition) is 3. The Morgan fingerprint density at radius 1 is 1.42 bits per heavy atom. The Morgan fingerprint density at radius 3 is 2.63 bits per heavy atom. The second kappa shape index (κ2) is 6.29. The summed E-state index contributed by atoms with van der Waals surface area (Å²) in [6, 6.07) is 5.17. The second-order valence-corrected chi connectivity index (χ2v) is 4.73. The second-order valence-electron chi connectivity index (χ2n) is 4.73. The Kier molecular flexibility index (Phi) is 5.00. The van der Waals surface area contributed by atoms with Gasteiger partial charge in [-0.1, -0.05) is 13.0 Å². The fourth-order valence-corrected chi connectivity index (χ4v) is 1.56. The molecule has 0 bridgehead atoms. The Morgan fingerprint density at radius 2 is 2.11 bits per heavy atom. The van der Waals surface area contributed by atoms with Gasteiger partial charge in [0.05, 0.1) is 13.0 Å². The minimum atomic E-state index is -1.06. The number of carbonyl (C=O) groups excluding carboxylic acids is 1. The van der Waals surface area contributed by atoms with Crippen molar-refractivity contribution in [3.05, 3.63) is 35.6 Å². The highest BCUT2D eigenvalue weighted by Gasteiger charge is 2.27. The van der Waals surface area contributed by atoms with Crippen LogP contribution in [0.5, 0.6) is 0 Å². The minimum Gasteiger partial charge on any atom is -0.481 e. The van der Waals surface area contributed by atoms with Gasteiger partial charge in [-0.2, -0.15) is 0 Å². The zero-order valence-electron chi connectivity index (χ0n) is 10.5. The van der Waals surface area contributed by atoms with Crippen LogP contribution in [0.15, 0.2) is 24.3 Å². The predicted octanol–water partition coefficient (Wildman–Crippen LogP) is 1.03. The summed E-state index contributed by atoms with van der Waals surface area (Å²) in [5.74, 6) is -2.09. The van der Waals surface area contributed by atoms with Crippen molar-refractivity contribution in [1.29, 1.82) is 0 Å². The van der Waals surface area contributed by atoms with Crippen LogP contribution >= 0.6 is 0 Å². The standard InChI is InChI=1S/C13H16FNO4/c1-13(8-16,6-11(17)18)7-15-12(19)9-3-2-4-10(14)5-9/h2-5,16H,6-8H2,1H3,(H,15,19)(H,17,18). The van der Waals surface area contributed by atoms with Crippen LogP contribution in [-0.2, 0) is 4.79 Å². The number of amides is 1. The van der Waals surface area contributed by atoms with Crippen molar-refractivity contribution in [3.63, 3.8) is 0 Å². The summed E-state index contributed by atoms with van der Waals surface area (Å²) in [7, 11) is 0. The summed E-state index contributed by atoms with van der Waals surface area (Å²) in [6.45, 7) is 1.17. The van der Waals surface area contributed by atoms with E-state index in [2.05, 4.69) is 5.32 Å². The molecule has 3 N–H and O–H groups in total. The average Bonchev–Trinajstić information content (AvgIpc) is 2.35. The average molecular weight is 269 g/mol. The highest BCUT2D eigenvalue weighted by atomic mass is 19.1. The third-order valence-corrected chi connectivity index (χ3v) is 2.72. The van der Waals surface area contributed by atoms with E-state index in [9.17, 15) is 19.1 Å². The van der Waals surface area contributed by atoms with Gasteiger partial charge in [0, 0.05) is 17.5 Å². The molecular weight excluding hydrogens is 253 g/mol. The van der Waals surface area contributed by atoms with E-state index in [1.807, 2.05) is 0 Å². The van der Waals surface area contributed by atoms with E-state index in [1.54, 1.807) is 6.92 Å². The van der Waals surface area contributed by atoms with Gasteiger partial charge in [0.25, 0.3) is 5.91 Å². The number of carbonyl (C=O) groups is 2. The first-order chi connectivity index (χ1) is 8.86. The molecule has 1 unspecified atom stereocenters. The van der Waals surface area contributed by atoms with Crippen molar-refractivity contribution in [2.45, 2.75) is 13.3 Å². The van der Waals surface area contributed by atoms with E-state index in [0.29, 0.717) is 0 Å². The van der Waals surface area contributed by atoms with Gasteiger partial charge in [0.1, 0.15) is 5.82 Å². The first kappa shape index (κ1) is 15.1. The molecule has 1 rings (SSSR count). The van der Waals surface area contributed by atoms with Crippen molar-refractivity contribution < 1.29 is 24.2 Å². The van der Waals surface area contributed by atoms with E-state index in [4.69, 9.17) is 5.11 Å². The summed E-state index contributed by atoms with van der Waals surface area (Å²) < 4.78 is 12.9. The maximum Gasteiger partial charge on any atom is 0.304 e. The summed E-state index contributed by atoms with van der Waals surface area (Å²) in [5.41, 5.74) is -0.801. The predicted molar refractivity (Wildman–Crippen MR) is 66.2 cm³/mol. The lowest BCUT2D eigenvalue weighted by atomic mass is 9.87. The molecule has 19 heavy (non-hydrogen) atoms. The number of halogens is 1. The molecule has 1 atom stereocenters. The first-order valence-electron chi connectivity index (χ1n) is 5.73. The lowest BCUT2D eigenvalue weighted by Gasteiger charge is -2.25. The van der Waals surface area contributed by atoms with Gasteiger partial charge in [0.2, 0.25) is 0 Å². The highest BCUT2D eigenvalue weighted by molar-refractivity contribution is 5.94. The van der Waals surface area contributed by atoms with Gasteiger partial charge in [0.15, 0.2) is 0 Å². The van der Waals surface area contributed by atoms with Crippen molar-refractivity contribution in [3.8, 4) is 0 Å². The monoisotopic (exact) mass is 269 g/mol. The Labute approximate surface area is 110 Å². The normalized spacial score (nSPS) is 13.6. The van der Waals surface area contributed by atoms with Gasteiger partial charge in [-0.15, -0.1) is 0 Å². The molecule has 1 amide bonds. The number of carboxylic acid groups (broad SMARTS) is 1. The maximum absolute atomic E-state index is 12.9. The van der Waals surface area contributed by atoms with E-state index < -0.39 is 23.1 Å². The van der Waals surface area contributed by atoms with Crippen LogP contribution in [0.3, 0.4) is 0 Å². The molecule has 0 spiro atoms. The third-order valence-electron chi connectivity index (χ3n) is 2.72. The van der Waals surface area contributed by atoms with Crippen molar-refractivity contribution in [2.24, 2.45) is 5.41 Å². The minimum absolute atomic E-state index is 0.00878. The smallest absolute Gasteiger partial charge is 0.304 e. The van der Waals surface area contributed by atoms with Crippen molar-refractivity contribution in [2.75, 3.05) is 13.2 Å². The van der Waals surface area contributed by atoms with Gasteiger partial charge >= 0.3 is 5.97 Å². The van der Waals surface area contributed by atoms with Crippen LogP contribution in [0.1, 0.15) is 23.7 Å². The first-order valence-corrected chi connectivity index (χ1v) is 5.73. The van der Waals surface area contributed by atoms with E-state index in [1.165, 1.54) is 18.2 Å². The van der Waals surface area contributed by atoms with E-state index in [-0.39, 0.29) is 25.1 Å². The lowest BCUT2D eigenvalue weighted by molar-refractivity contribution is -0.140. The van der Waals surface area contributed by atoms with Crippen LogP contribution in [0.4, 0.5) is 4.39 Å². The summed E-state index contributed by atoms with van der Waals surface area (Å²) >= 11 is 0. The zero-order chi connectivity index (χ0) is 14.5. The Bertz CT molecular complexity index is 477. The SMILES string of the molecule is CC(CO)(CNC(=O)c1cccc(F)c1)CC(=O)O. The fourth-order valence-electron chi connectivity index (χ4n) is 1.56.